The van der Waals surface area contributed by atoms with Crippen LogP contribution in [0.5, 0.6) is 5.75 Å². The van der Waals surface area contributed by atoms with Gasteiger partial charge in [0.25, 0.3) is 5.91 Å². The van der Waals surface area contributed by atoms with Crippen molar-refractivity contribution in [3.8, 4) is 5.75 Å². The van der Waals surface area contributed by atoms with E-state index in [-0.39, 0.29) is 12.5 Å². The molecule has 0 atom stereocenters. The molecule has 4 nitrogen and oxygen atoms in total. The standard InChI is InChI=1S/C16H18N2O2/c1-17-13-8-10-15(11-9-13)20-12-16(19)18(2)14-6-4-3-5-7-14/h3-11,17H,12H2,1-2H3. The summed E-state index contributed by atoms with van der Waals surface area (Å²) >= 11 is 0. The molecule has 0 bridgehead atoms. The first-order chi connectivity index (χ1) is 9.70. The molecular formula is C16H18N2O2. The van der Waals surface area contributed by atoms with Crippen molar-refractivity contribution >= 4 is 17.3 Å². The highest BCUT2D eigenvalue weighted by Crippen LogP contribution is 2.16. The Morgan fingerprint density at radius 1 is 1.10 bits per heavy atom. The molecule has 0 fully saturated rings. The number of nitrogens with zero attached hydrogens (tertiary/aromatic N) is 1. The van der Waals surface area contributed by atoms with Gasteiger partial charge in [-0.25, -0.2) is 0 Å². The number of para-hydroxylation sites is 1. The second-order valence-corrected chi connectivity index (χ2v) is 4.35. The van der Waals surface area contributed by atoms with Crippen LogP contribution in [-0.2, 0) is 4.79 Å². The number of hydrogen-bond acceptors (Lipinski definition) is 3. The Morgan fingerprint density at radius 2 is 1.75 bits per heavy atom. The number of ether oxygens (including phenoxy) is 1. The molecule has 0 saturated heterocycles. The van der Waals surface area contributed by atoms with Gasteiger partial charge in [0.15, 0.2) is 6.61 Å². The van der Waals surface area contributed by atoms with E-state index in [4.69, 9.17) is 4.74 Å². The van der Waals surface area contributed by atoms with Crippen molar-refractivity contribution < 1.29 is 9.53 Å². The smallest absolute Gasteiger partial charge is 0.264 e. The summed E-state index contributed by atoms with van der Waals surface area (Å²) < 4.78 is 5.49. The Balaban J connectivity index is 1.91. The average Bonchev–Trinajstić information content (AvgIpc) is 2.53. The average molecular weight is 270 g/mol. The van der Waals surface area contributed by atoms with Crippen molar-refractivity contribution in [2.45, 2.75) is 0 Å². The van der Waals surface area contributed by atoms with Gasteiger partial charge >= 0.3 is 0 Å². The van der Waals surface area contributed by atoms with Crippen molar-refractivity contribution in [3.05, 3.63) is 54.6 Å². The third-order valence-corrected chi connectivity index (χ3v) is 3.02. The summed E-state index contributed by atoms with van der Waals surface area (Å²) in [4.78, 5) is 13.6. The van der Waals surface area contributed by atoms with E-state index in [1.54, 1.807) is 11.9 Å². The molecule has 0 unspecified atom stereocenters. The number of rotatable bonds is 5. The maximum atomic E-state index is 12.0. The van der Waals surface area contributed by atoms with Gasteiger partial charge in [0, 0.05) is 25.5 Å². The molecule has 20 heavy (non-hydrogen) atoms. The van der Waals surface area contributed by atoms with Crippen LogP contribution >= 0.6 is 0 Å². The molecule has 2 aromatic carbocycles. The Kier molecular flexibility index (Phi) is 4.60. The van der Waals surface area contributed by atoms with E-state index in [2.05, 4.69) is 5.32 Å². The van der Waals surface area contributed by atoms with Gasteiger partial charge in [-0.2, -0.15) is 0 Å². The van der Waals surface area contributed by atoms with E-state index >= 15 is 0 Å². The minimum absolute atomic E-state index is 0.0181. The van der Waals surface area contributed by atoms with Gasteiger partial charge in [0.1, 0.15) is 5.75 Å². The lowest BCUT2D eigenvalue weighted by Crippen LogP contribution is -2.31. The Hall–Kier alpha value is -2.49. The number of likely N-dealkylation sites (N-methyl/N-ethyl adjacent to an activating group) is 1. The van der Waals surface area contributed by atoms with Crippen molar-refractivity contribution in [2.24, 2.45) is 0 Å². The summed E-state index contributed by atoms with van der Waals surface area (Å²) in [5.41, 5.74) is 1.86. The molecule has 4 heteroatoms. The number of hydrogen-bond donors (Lipinski definition) is 1. The summed E-state index contributed by atoms with van der Waals surface area (Å²) in [6.07, 6.45) is 0. The van der Waals surface area contributed by atoms with E-state index in [1.165, 1.54) is 0 Å². The third-order valence-electron chi connectivity index (χ3n) is 3.02. The predicted octanol–water partition coefficient (Wildman–Crippen LogP) is 2.77. The van der Waals surface area contributed by atoms with Gasteiger partial charge in [0.2, 0.25) is 0 Å². The molecule has 0 saturated carbocycles. The first kappa shape index (κ1) is 13.9. The largest absolute Gasteiger partial charge is 0.484 e. The van der Waals surface area contributed by atoms with Crippen LogP contribution in [0.2, 0.25) is 0 Å². The van der Waals surface area contributed by atoms with Crippen LogP contribution in [0.4, 0.5) is 11.4 Å². The zero-order valence-corrected chi connectivity index (χ0v) is 11.7. The second kappa shape index (κ2) is 6.61. The van der Waals surface area contributed by atoms with Crippen LogP contribution in [0.25, 0.3) is 0 Å². The second-order valence-electron chi connectivity index (χ2n) is 4.35. The zero-order chi connectivity index (χ0) is 14.4. The molecule has 0 aliphatic carbocycles. The third kappa shape index (κ3) is 3.51. The SMILES string of the molecule is CNc1ccc(OCC(=O)N(C)c2ccccc2)cc1. The highest BCUT2D eigenvalue weighted by Gasteiger charge is 2.11. The van der Waals surface area contributed by atoms with Crippen LogP contribution in [0.3, 0.4) is 0 Å². The molecule has 0 spiro atoms. The van der Waals surface area contributed by atoms with E-state index in [0.717, 1.165) is 11.4 Å². The minimum Gasteiger partial charge on any atom is -0.484 e. The summed E-state index contributed by atoms with van der Waals surface area (Å²) in [5.74, 6) is 0.590. The zero-order valence-electron chi connectivity index (χ0n) is 11.7. The van der Waals surface area contributed by atoms with Crippen molar-refractivity contribution in [3.63, 3.8) is 0 Å². The van der Waals surface area contributed by atoms with Gasteiger partial charge in [-0.15, -0.1) is 0 Å². The fourth-order valence-electron chi connectivity index (χ4n) is 1.76. The van der Waals surface area contributed by atoms with Gasteiger partial charge in [-0.05, 0) is 36.4 Å². The summed E-state index contributed by atoms with van der Waals surface area (Å²) in [6.45, 7) is 0.0181. The number of nitrogens with one attached hydrogen (secondary N) is 1. The van der Waals surface area contributed by atoms with Crippen molar-refractivity contribution in [2.75, 3.05) is 30.9 Å². The molecule has 0 heterocycles. The molecular weight excluding hydrogens is 252 g/mol. The highest BCUT2D eigenvalue weighted by molar-refractivity contribution is 5.93. The Bertz CT molecular complexity index is 552. The molecule has 1 N–H and O–H groups in total. The summed E-state index contributed by atoms with van der Waals surface area (Å²) in [6, 6.07) is 17.0. The lowest BCUT2D eigenvalue weighted by atomic mass is 10.3. The number of benzene rings is 2. The molecule has 1 amide bonds. The van der Waals surface area contributed by atoms with Gasteiger partial charge in [-0.1, -0.05) is 18.2 Å². The lowest BCUT2D eigenvalue weighted by molar-refractivity contribution is -0.120. The first-order valence-electron chi connectivity index (χ1n) is 6.43. The molecule has 0 aliphatic rings. The maximum absolute atomic E-state index is 12.0. The quantitative estimate of drug-likeness (QED) is 0.908. The summed E-state index contributed by atoms with van der Waals surface area (Å²) in [7, 11) is 3.60. The maximum Gasteiger partial charge on any atom is 0.264 e. The van der Waals surface area contributed by atoms with E-state index in [9.17, 15) is 4.79 Å². The topological polar surface area (TPSA) is 41.6 Å². The number of carbonyl (C=O) groups excluding carboxylic acids is 1. The molecule has 0 radical (unpaired) electrons. The first-order valence-corrected chi connectivity index (χ1v) is 6.43. The minimum atomic E-state index is -0.0890. The predicted molar refractivity (Wildman–Crippen MR) is 81.3 cm³/mol. The van der Waals surface area contributed by atoms with Crippen LogP contribution in [0, 0.1) is 0 Å². The normalized spacial score (nSPS) is 9.90. The highest BCUT2D eigenvalue weighted by atomic mass is 16.5. The van der Waals surface area contributed by atoms with Crippen LogP contribution in [-0.4, -0.2) is 26.6 Å². The van der Waals surface area contributed by atoms with Crippen LogP contribution < -0.4 is 15.0 Å². The van der Waals surface area contributed by atoms with E-state index in [0.29, 0.717) is 5.75 Å². The Morgan fingerprint density at radius 3 is 2.35 bits per heavy atom. The molecule has 2 aromatic rings. The van der Waals surface area contributed by atoms with Crippen molar-refractivity contribution in [1.82, 2.24) is 0 Å². The fraction of sp³-hybridized carbons (Fsp3) is 0.188. The molecule has 0 aliphatic heterocycles. The fourth-order valence-corrected chi connectivity index (χ4v) is 1.76. The molecule has 104 valence electrons. The van der Waals surface area contributed by atoms with E-state index < -0.39 is 0 Å². The van der Waals surface area contributed by atoms with Crippen LogP contribution in [0.15, 0.2) is 54.6 Å². The van der Waals surface area contributed by atoms with Crippen LogP contribution in [0.1, 0.15) is 0 Å². The van der Waals surface area contributed by atoms with Gasteiger partial charge in [-0.3, -0.25) is 4.79 Å². The van der Waals surface area contributed by atoms with Gasteiger partial charge in [0.05, 0.1) is 0 Å². The van der Waals surface area contributed by atoms with Gasteiger partial charge < -0.3 is 15.0 Å². The number of amides is 1. The number of carbonyl (C=O) groups is 1. The molecule has 0 aromatic heterocycles. The van der Waals surface area contributed by atoms with Crippen molar-refractivity contribution in [1.29, 1.82) is 0 Å². The lowest BCUT2D eigenvalue weighted by Gasteiger charge is -2.17. The molecule has 2 rings (SSSR count). The number of anilines is 2. The monoisotopic (exact) mass is 270 g/mol. The van der Waals surface area contributed by atoms with E-state index in [1.807, 2.05) is 61.6 Å². The Labute approximate surface area is 119 Å². The summed E-state index contributed by atoms with van der Waals surface area (Å²) in [5, 5.41) is 3.03.